The Hall–Kier alpha value is -1.62. The van der Waals surface area contributed by atoms with Crippen molar-refractivity contribution in [3.8, 4) is 0 Å². The SMILES string of the molecule is COC(=O)CCCN(C)C(=O)c1ccc(Cl)cc1F. The monoisotopic (exact) mass is 287 g/mol. The van der Waals surface area contributed by atoms with Gasteiger partial charge in [-0.2, -0.15) is 0 Å². The lowest BCUT2D eigenvalue weighted by molar-refractivity contribution is -0.140. The number of esters is 1. The summed E-state index contributed by atoms with van der Waals surface area (Å²) in [6.07, 6.45) is 0.682. The van der Waals surface area contributed by atoms with Gasteiger partial charge in [0.05, 0.1) is 12.7 Å². The fraction of sp³-hybridized carbons (Fsp3) is 0.385. The molecule has 104 valence electrons. The molecule has 0 aliphatic carbocycles. The van der Waals surface area contributed by atoms with Crippen LogP contribution in [0.2, 0.25) is 5.02 Å². The summed E-state index contributed by atoms with van der Waals surface area (Å²) < 4.78 is 18.1. The highest BCUT2D eigenvalue weighted by atomic mass is 35.5. The van der Waals surface area contributed by atoms with Crippen LogP contribution in [0.25, 0.3) is 0 Å². The Bertz CT molecular complexity index is 479. The maximum Gasteiger partial charge on any atom is 0.305 e. The molecule has 0 unspecified atom stereocenters. The molecule has 0 aromatic heterocycles. The van der Waals surface area contributed by atoms with E-state index in [1.165, 1.54) is 24.1 Å². The zero-order chi connectivity index (χ0) is 14.4. The summed E-state index contributed by atoms with van der Waals surface area (Å²) in [5.41, 5.74) is -0.0371. The highest BCUT2D eigenvalue weighted by molar-refractivity contribution is 6.30. The summed E-state index contributed by atoms with van der Waals surface area (Å²) >= 11 is 5.62. The summed E-state index contributed by atoms with van der Waals surface area (Å²) in [4.78, 5) is 24.2. The van der Waals surface area contributed by atoms with Crippen LogP contribution in [0.1, 0.15) is 23.2 Å². The number of carbonyl (C=O) groups excluding carboxylic acids is 2. The summed E-state index contributed by atoms with van der Waals surface area (Å²) in [7, 11) is 2.86. The zero-order valence-corrected chi connectivity index (χ0v) is 11.5. The molecule has 0 N–H and O–H groups in total. The number of amides is 1. The van der Waals surface area contributed by atoms with E-state index < -0.39 is 11.7 Å². The van der Waals surface area contributed by atoms with Crippen LogP contribution in [0.5, 0.6) is 0 Å². The number of hydrogen-bond acceptors (Lipinski definition) is 3. The van der Waals surface area contributed by atoms with Crippen molar-refractivity contribution in [2.75, 3.05) is 20.7 Å². The highest BCUT2D eigenvalue weighted by Gasteiger charge is 2.16. The molecule has 0 atom stereocenters. The Kier molecular flexibility index (Phi) is 5.76. The van der Waals surface area contributed by atoms with E-state index in [0.29, 0.717) is 13.0 Å². The van der Waals surface area contributed by atoms with E-state index in [4.69, 9.17) is 11.6 Å². The standard InChI is InChI=1S/C13H15ClFNO3/c1-16(7-3-4-12(17)19-2)13(18)10-6-5-9(14)8-11(10)15/h5-6,8H,3-4,7H2,1-2H3. The summed E-state index contributed by atoms with van der Waals surface area (Å²) in [6, 6.07) is 3.90. The van der Waals surface area contributed by atoms with Gasteiger partial charge in [0.2, 0.25) is 0 Å². The van der Waals surface area contributed by atoms with Crippen LogP contribution in [0.15, 0.2) is 18.2 Å². The third kappa shape index (κ3) is 4.52. The smallest absolute Gasteiger partial charge is 0.305 e. The normalized spacial score (nSPS) is 10.1. The highest BCUT2D eigenvalue weighted by Crippen LogP contribution is 2.16. The molecule has 0 aliphatic rings. The molecule has 1 amide bonds. The van der Waals surface area contributed by atoms with Gasteiger partial charge in [-0.05, 0) is 24.6 Å². The summed E-state index contributed by atoms with van der Waals surface area (Å²) in [6.45, 7) is 0.343. The minimum absolute atomic E-state index is 0.0371. The van der Waals surface area contributed by atoms with Gasteiger partial charge in [0, 0.05) is 25.0 Å². The van der Waals surface area contributed by atoms with Gasteiger partial charge < -0.3 is 9.64 Å². The van der Waals surface area contributed by atoms with Crippen LogP contribution in [-0.4, -0.2) is 37.5 Å². The Balaban J connectivity index is 2.59. The largest absolute Gasteiger partial charge is 0.469 e. The van der Waals surface area contributed by atoms with E-state index in [0.717, 1.165) is 6.07 Å². The lowest BCUT2D eigenvalue weighted by atomic mass is 10.2. The Morgan fingerprint density at radius 1 is 1.42 bits per heavy atom. The third-order valence-corrected chi connectivity index (χ3v) is 2.85. The van der Waals surface area contributed by atoms with Gasteiger partial charge in [0.25, 0.3) is 5.91 Å². The molecule has 0 heterocycles. The first-order chi connectivity index (χ1) is 8.95. The average molecular weight is 288 g/mol. The minimum Gasteiger partial charge on any atom is -0.469 e. The molecule has 0 fully saturated rings. The van der Waals surface area contributed by atoms with Crippen LogP contribution in [-0.2, 0) is 9.53 Å². The fourth-order valence-electron chi connectivity index (χ4n) is 1.53. The van der Waals surface area contributed by atoms with Gasteiger partial charge in [0.1, 0.15) is 5.82 Å². The van der Waals surface area contributed by atoms with Crippen molar-refractivity contribution in [1.29, 1.82) is 0 Å². The molecule has 0 saturated heterocycles. The number of ether oxygens (including phenoxy) is 1. The van der Waals surface area contributed by atoms with Crippen LogP contribution in [0.4, 0.5) is 4.39 Å². The first-order valence-electron chi connectivity index (χ1n) is 5.73. The van der Waals surface area contributed by atoms with Gasteiger partial charge in [-0.1, -0.05) is 11.6 Å². The molecule has 0 aliphatic heterocycles. The molecule has 19 heavy (non-hydrogen) atoms. The van der Waals surface area contributed by atoms with E-state index in [2.05, 4.69) is 4.74 Å². The first kappa shape index (κ1) is 15.4. The quantitative estimate of drug-likeness (QED) is 0.782. The van der Waals surface area contributed by atoms with Crippen molar-refractivity contribution < 1.29 is 18.7 Å². The fourth-order valence-corrected chi connectivity index (χ4v) is 1.69. The van der Waals surface area contributed by atoms with E-state index in [1.54, 1.807) is 7.05 Å². The molecule has 1 aromatic rings. The second-order valence-electron chi connectivity index (χ2n) is 4.03. The molecule has 0 bridgehead atoms. The topological polar surface area (TPSA) is 46.6 Å². The van der Waals surface area contributed by atoms with Gasteiger partial charge >= 0.3 is 5.97 Å². The number of nitrogens with zero attached hydrogens (tertiary/aromatic N) is 1. The van der Waals surface area contributed by atoms with Crippen molar-refractivity contribution in [3.63, 3.8) is 0 Å². The van der Waals surface area contributed by atoms with Crippen LogP contribution in [0, 0.1) is 5.82 Å². The molecular formula is C13H15ClFNO3. The zero-order valence-electron chi connectivity index (χ0n) is 10.8. The molecule has 0 spiro atoms. The molecule has 1 rings (SSSR count). The van der Waals surface area contributed by atoms with E-state index in [-0.39, 0.29) is 23.0 Å². The van der Waals surface area contributed by atoms with E-state index >= 15 is 0 Å². The number of halogens is 2. The predicted molar refractivity (Wildman–Crippen MR) is 69.6 cm³/mol. The molecular weight excluding hydrogens is 273 g/mol. The second-order valence-corrected chi connectivity index (χ2v) is 4.47. The average Bonchev–Trinajstić information content (AvgIpc) is 2.37. The molecule has 0 radical (unpaired) electrons. The second kappa shape index (κ2) is 7.09. The van der Waals surface area contributed by atoms with Crippen molar-refractivity contribution in [3.05, 3.63) is 34.6 Å². The van der Waals surface area contributed by atoms with Gasteiger partial charge in [0.15, 0.2) is 0 Å². The lowest BCUT2D eigenvalue weighted by Gasteiger charge is -2.17. The molecule has 0 saturated carbocycles. The van der Waals surface area contributed by atoms with Crippen molar-refractivity contribution in [1.82, 2.24) is 4.90 Å². The van der Waals surface area contributed by atoms with Crippen LogP contribution in [0.3, 0.4) is 0 Å². The molecule has 4 nitrogen and oxygen atoms in total. The van der Waals surface area contributed by atoms with Gasteiger partial charge in [-0.15, -0.1) is 0 Å². The summed E-state index contributed by atoms with van der Waals surface area (Å²) in [5.74, 6) is -1.44. The number of carbonyl (C=O) groups is 2. The maximum absolute atomic E-state index is 13.6. The Morgan fingerprint density at radius 2 is 2.11 bits per heavy atom. The van der Waals surface area contributed by atoms with Gasteiger partial charge in [-0.3, -0.25) is 9.59 Å². The number of hydrogen-bond donors (Lipinski definition) is 0. The predicted octanol–water partition coefficient (Wildman–Crippen LogP) is 2.50. The number of methoxy groups -OCH3 is 1. The van der Waals surface area contributed by atoms with Crippen LogP contribution < -0.4 is 0 Å². The summed E-state index contributed by atoms with van der Waals surface area (Å²) in [5, 5.41) is 0.238. The maximum atomic E-state index is 13.6. The lowest BCUT2D eigenvalue weighted by Crippen LogP contribution is -2.28. The van der Waals surface area contributed by atoms with Crippen LogP contribution >= 0.6 is 11.6 Å². The first-order valence-corrected chi connectivity index (χ1v) is 6.11. The third-order valence-electron chi connectivity index (χ3n) is 2.61. The molecule has 6 heteroatoms. The van der Waals surface area contributed by atoms with Crippen molar-refractivity contribution in [2.24, 2.45) is 0 Å². The minimum atomic E-state index is -0.655. The molecule has 1 aromatic carbocycles. The Morgan fingerprint density at radius 3 is 2.68 bits per heavy atom. The van der Waals surface area contributed by atoms with Crippen molar-refractivity contribution >= 4 is 23.5 Å². The van der Waals surface area contributed by atoms with E-state index in [1.807, 2.05) is 0 Å². The van der Waals surface area contributed by atoms with Gasteiger partial charge in [-0.25, -0.2) is 4.39 Å². The Labute approximate surface area is 116 Å². The van der Waals surface area contributed by atoms with E-state index in [9.17, 15) is 14.0 Å². The van der Waals surface area contributed by atoms with Crippen molar-refractivity contribution in [2.45, 2.75) is 12.8 Å². The number of benzene rings is 1. The number of rotatable bonds is 5.